The van der Waals surface area contributed by atoms with Gasteiger partial charge in [0, 0.05) is 20.8 Å². The molecule has 0 spiro atoms. The van der Waals surface area contributed by atoms with E-state index in [-0.39, 0.29) is 0 Å². The first-order valence-electron chi connectivity index (χ1n) is 8.59. The lowest BCUT2D eigenvalue weighted by Gasteiger charge is -2.35. The summed E-state index contributed by atoms with van der Waals surface area (Å²) in [5.74, 6) is 1.04. The Kier molecular flexibility index (Phi) is 5.75. The molecule has 0 amide bonds. The molecular formula is C18H28N2O3. The van der Waals surface area contributed by atoms with E-state index >= 15 is 0 Å². The van der Waals surface area contributed by atoms with E-state index in [0.29, 0.717) is 0 Å². The lowest BCUT2D eigenvalue weighted by atomic mass is 9.92. The summed E-state index contributed by atoms with van der Waals surface area (Å²) in [4.78, 5) is 2.42. The molecule has 23 heavy (non-hydrogen) atoms. The molecule has 2 aliphatic heterocycles. The van der Waals surface area contributed by atoms with Gasteiger partial charge in [0.05, 0.1) is 25.4 Å². The molecule has 0 aliphatic carbocycles. The van der Waals surface area contributed by atoms with Gasteiger partial charge in [0.25, 0.3) is 0 Å². The minimum Gasteiger partial charge on any atom is -0.490 e. The number of anilines is 1. The molecule has 2 aliphatic rings. The van der Waals surface area contributed by atoms with Gasteiger partial charge in [-0.25, -0.2) is 0 Å². The quantitative estimate of drug-likeness (QED) is 0.858. The van der Waals surface area contributed by atoms with Gasteiger partial charge < -0.3 is 24.4 Å². The average molecular weight is 320 g/mol. The number of ether oxygens (including phenoxy) is 3. The molecule has 128 valence electrons. The number of nitrogens with one attached hydrogen (secondary N) is 1. The zero-order valence-electron chi connectivity index (χ0n) is 14.3. The number of rotatable bonds is 6. The predicted octanol–water partition coefficient (Wildman–Crippen LogP) is 1.41. The van der Waals surface area contributed by atoms with Crippen LogP contribution in [0.15, 0.2) is 6.07 Å². The van der Waals surface area contributed by atoms with Crippen LogP contribution < -0.4 is 15.0 Å². The molecule has 0 bridgehead atoms. The molecule has 0 fully saturated rings. The molecule has 0 saturated carbocycles. The molecule has 0 saturated heterocycles. The summed E-state index contributed by atoms with van der Waals surface area (Å²) in [6.45, 7) is 6.15. The minimum absolute atomic E-state index is 0.738. The van der Waals surface area contributed by atoms with Crippen molar-refractivity contribution in [1.82, 2.24) is 5.32 Å². The normalized spacial score (nSPS) is 17.2. The van der Waals surface area contributed by atoms with Crippen LogP contribution in [0.25, 0.3) is 0 Å². The molecular weight excluding hydrogens is 292 g/mol. The van der Waals surface area contributed by atoms with Crippen molar-refractivity contribution in [2.24, 2.45) is 0 Å². The number of hydrogen-bond donors (Lipinski definition) is 1. The second kappa shape index (κ2) is 7.99. The summed E-state index contributed by atoms with van der Waals surface area (Å²) in [5.41, 5.74) is 5.62. The number of methoxy groups -OCH3 is 2. The van der Waals surface area contributed by atoms with Crippen LogP contribution in [-0.2, 0) is 28.7 Å². The lowest BCUT2D eigenvalue weighted by Crippen LogP contribution is -2.36. The summed E-state index contributed by atoms with van der Waals surface area (Å²) in [6.07, 6.45) is 3.10. The molecule has 2 heterocycles. The van der Waals surface area contributed by atoms with Crippen LogP contribution in [-0.4, -0.2) is 60.2 Å². The molecule has 1 N–H and O–H groups in total. The van der Waals surface area contributed by atoms with Crippen molar-refractivity contribution >= 4 is 5.69 Å². The van der Waals surface area contributed by atoms with Crippen molar-refractivity contribution in [2.75, 3.05) is 65.1 Å². The monoisotopic (exact) mass is 320 g/mol. The number of fused-ring (bicyclic) bond motifs is 2. The Morgan fingerprint density at radius 3 is 2.83 bits per heavy atom. The smallest absolute Gasteiger partial charge is 0.143 e. The van der Waals surface area contributed by atoms with Crippen LogP contribution in [0.5, 0.6) is 5.75 Å². The van der Waals surface area contributed by atoms with E-state index in [1.165, 1.54) is 22.4 Å². The SMILES string of the molecule is COCCc1c2c(cc3c1N(CCOC)CCO3)CCNCC2. The molecule has 5 nitrogen and oxygen atoms in total. The predicted molar refractivity (Wildman–Crippen MR) is 91.9 cm³/mol. The van der Waals surface area contributed by atoms with Crippen molar-refractivity contribution in [1.29, 1.82) is 0 Å². The van der Waals surface area contributed by atoms with E-state index < -0.39 is 0 Å². The Labute approximate surface area is 138 Å². The van der Waals surface area contributed by atoms with E-state index in [0.717, 1.165) is 71.0 Å². The van der Waals surface area contributed by atoms with Crippen LogP contribution in [0.1, 0.15) is 16.7 Å². The average Bonchev–Trinajstić information content (AvgIpc) is 2.82. The molecule has 0 atom stereocenters. The fourth-order valence-corrected chi connectivity index (χ4v) is 3.63. The summed E-state index contributed by atoms with van der Waals surface area (Å²) in [5, 5.41) is 3.51. The Bertz CT molecular complexity index is 533. The van der Waals surface area contributed by atoms with E-state index in [9.17, 15) is 0 Å². The van der Waals surface area contributed by atoms with Gasteiger partial charge in [0.15, 0.2) is 0 Å². The van der Waals surface area contributed by atoms with Crippen molar-refractivity contribution < 1.29 is 14.2 Å². The molecule has 0 aromatic heterocycles. The lowest BCUT2D eigenvalue weighted by molar-refractivity contribution is 0.199. The molecule has 1 aromatic carbocycles. The highest BCUT2D eigenvalue weighted by molar-refractivity contribution is 5.69. The number of benzene rings is 1. The third-order valence-electron chi connectivity index (χ3n) is 4.76. The third kappa shape index (κ3) is 3.62. The van der Waals surface area contributed by atoms with Crippen molar-refractivity contribution in [3.05, 3.63) is 22.8 Å². The van der Waals surface area contributed by atoms with Crippen molar-refractivity contribution in [2.45, 2.75) is 19.3 Å². The fraction of sp³-hybridized carbons (Fsp3) is 0.667. The molecule has 0 unspecified atom stereocenters. The standard InChI is InChI=1S/C18H28N2O3/c1-21-10-5-16-15-4-7-19-6-3-14(15)13-17-18(16)20(8-11-22-2)9-12-23-17/h13,19H,3-12H2,1-2H3. The molecule has 3 rings (SSSR count). The van der Waals surface area contributed by atoms with Crippen molar-refractivity contribution in [3.8, 4) is 5.75 Å². The molecule has 0 radical (unpaired) electrons. The topological polar surface area (TPSA) is 43.0 Å². The summed E-state index contributed by atoms with van der Waals surface area (Å²) >= 11 is 0. The zero-order valence-corrected chi connectivity index (χ0v) is 14.3. The van der Waals surface area contributed by atoms with Crippen LogP contribution in [0.2, 0.25) is 0 Å². The van der Waals surface area contributed by atoms with Gasteiger partial charge in [-0.2, -0.15) is 0 Å². The van der Waals surface area contributed by atoms with E-state index in [1.807, 2.05) is 0 Å². The van der Waals surface area contributed by atoms with Gasteiger partial charge in [0.1, 0.15) is 12.4 Å². The van der Waals surface area contributed by atoms with E-state index in [2.05, 4.69) is 16.3 Å². The first-order chi connectivity index (χ1) is 11.3. The van der Waals surface area contributed by atoms with Gasteiger partial charge >= 0.3 is 0 Å². The van der Waals surface area contributed by atoms with Crippen LogP contribution >= 0.6 is 0 Å². The molecule has 1 aromatic rings. The fourth-order valence-electron chi connectivity index (χ4n) is 3.63. The van der Waals surface area contributed by atoms with Crippen LogP contribution in [0, 0.1) is 0 Å². The van der Waals surface area contributed by atoms with Crippen molar-refractivity contribution in [3.63, 3.8) is 0 Å². The number of nitrogens with zero attached hydrogens (tertiary/aromatic N) is 1. The summed E-state index contributed by atoms with van der Waals surface area (Å²) in [6, 6.07) is 2.27. The van der Waals surface area contributed by atoms with Gasteiger partial charge in [-0.1, -0.05) is 0 Å². The number of hydrogen-bond acceptors (Lipinski definition) is 5. The van der Waals surface area contributed by atoms with E-state index in [1.54, 1.807) is 14.2 Å². The maximum absolute atomic E-state index is 6.02. The highest BCUT2D eigenvalue weighted by Gasteiger charge is 2.26. The maximum atomic E-state index is 6.02. The largest absolute Gasteiger partial charge is 0.490 e. The second-order valence-electron chi connectivity index (χ2n) is 6.16. The minimum atomic E-state index is 0.738. The first-order valence-corrected chi connectivity index (χ1v) is 8.59. The van der Waals surface area contributed by atoms with Gasteiger partial charge in [-0.05, 0) is 55.1 Å². The molecule has 5 heteroatoms. The van der Waals surface area contributed by atoms with Gasteiger partial charge in [-0.3, -0.25) is 0 Å². The summed E-state index contributed by atoms with van der Waals surface area (Å²) < 4.78 is 16.7. The highest BCUT2D eigenvalue weighted by Crippen LogP contribution is 2.40. The first kappa shape index (κ1) is 16.6. The highest BCUT2D eigenvalue weighted by atomic mass is 16.5. The Morgan fingerprint density at radius 2 is 2.00 bits per heavy atom. The third-order valence-corrected chi connectivity index (χ3v) is 4.76. The van der Waals surface area contributed by atoms with Crippen LogP contribution in [0.3, 0.4) is 0 Å². The Morgan fingerprint density at radius 1 is 1.17 bits per heavy atom. The van der Waals surface area contributed by atoms with Crippen LogP contribution in [0.4, 0.5) is 5.69 Å². The van der Waals surface area contributed by atoms with Gasteiger partial charge in [-0.15, -0.1) is 0 Å². The zero-order chi connectivity index (χ0) is 16.1. The Balaban J connectivity index is 2.03. The maximum Gasteiger partial charge on any atom is 0.143 e. The second-order valence-corrected chi connectivity index (χ2v) is 6.16. The summed E-state index contributed by atoms with van der Waals surface area (Å²) in [7, 11) is 3.53. The van der Waals surface area contributed by atoms with Gasteiger partial charge in [0.2, 0.25) is 0 Å². The Hall–Kier alpha value is -1.30. The van der Waals surface area contributed by atoms with E-state index in [4.69, 9.17) is 14.2 Å².